The molecule has 4 rings (SSSR count). The molecule has 3 nitrogen and oxygen atoms in total. The lowest BCUT2D eigenvalue weighted by Gasteiger charge is -2.59. The zero-order chi connectivity index (χ0) is 12.8. The minimum Gasteiger partial charge on any atom is -0.395 e. The first-order valence-electron chi connectivity index (χ1n) is 7.63. The van der Waals surface area contributed by atoms with Crippen molar-refractivity contribution in [3.63, 3.8) is 0 Å². The number of hydrogen-bond acceptors (Lipinski definition) is 3. The maximum atomic E-state index is 9.23. The van der Waals surface area contributed by atoms with Crippen LogP contribution in [0.3, 0.4) is 0 Å². The normalized spacial score (nSPS) is 43.7. The number of nitrogens with one attached hydrogen (secondary N) is 1. The quantitative estimate of drug-likeness (QED) is 0.696. The summed E-state index contributed by atoms with van der Waals surface area (Å²) in [6.07, 6.45) is 8.52. The summed E-state index contributed by atoms with van der Waals surface area (Å²) < 4.78 is 0. The van der Waals surface area contributed by atoms with E-state index < -0.39 is 0 Å². The molecule has 4 bridgehead atoms. The van der Waals surface area contributed by atoms with Gasteiger partial charge in [-0.2, -0.15) is 0 Å². The lowest BCUT2D eigenvalue weighted by molar-refractivity contribution is -0.0739. The van der Waals surface area contributed by atoms with E-state index in [1.807, 2.05) is 0 Å². The minimum absolute atomic E-state index is 0.0349. The lowest BCUT2D eigenvalue weighted by atomic mass is 9.48. The van der Waals surface area contributed by atoms with Crippen LogP contribution in [-0.4, -0.2) is 35.5 Å². The van der Waals surface area contributed by atoms with E-state index in [0.717, 1.165) is 17.8 Å². The van der Waals surface area contributed by atoms with Gasteiger partial charge in [0.15, 0.2) is 0 Å². The molecule has 104 valence electrons. The molecular weight excluding hydrogens is 226 g/mol. The highest BCUT2D eigenvalue weighted by Crippen LogP contribution is 2.61. The molecule has 1 unspecified atom stereocenters. The Kier molecular flexibility index (Phi) is 3.41. The molecule has 1 atom stereocenters. The van der Waals surface area contributed by atoms with Crippen LogP contribution in [0.2, 0.25) is 0 Å². The molecule has 0 radical (unpaired) electrons. The largest absolute Gasteiger partial charge is 0.395 e. The van der Waals surface area contributed by atoms with Crippen LogP contribution in [0, 0.1) is 23.2 Å². The molecule has 0 spiro atoms. The van der Waals surface area contributed by atoms with Gasteiger partial charge in [0.25, 0.3) is 0 Å². The van der Waals surface area contributed by atoms with Crippen molar-refractivity contribution in [2.45, 2.75) is 57.5 Å². The van der Waals surface area contributed by atoms with Gasteiger partial charge < -0.3 is 15.5 Å². The number of aliphatic hydroxyl groups excluding tert-OH is 2. The Hall–Kier alpha value is -0.120. The molecule has 4 aliphatic rings. The van der Waals surface area contributed by atoms with Crippen molar-refractivity contribution in [1.29, 1.82) is 0 Å². The van der Waals surface area contributed by atoms with Crippen LogP contribution >= 0.6 is 0 Å². The van der Waals surface area contributed by atoms with Crippen LogP contribution in [0.25, 0.3) is 0 Å². The predicted octanol–water partition coefficient (Wildman–Crippen LogP) is 1.53. The average molecular weight is 253 g/mol. The van der Waals surface area contributed by atoms with E-state index in [-0.39, 0.29) is 19.3 Å². The maximum Gasteiger partial charge on any atom is 0.0607 e. The molecule has 0 amide bonds. The van der Waals surface area contributed by atoms with Crippen molar-refractivity contribution < 1.29 is 10.2 Å². The maximum absolute atomic E-state index is 9.23. The highest BCUT2D eigenvalue weighted by Gasteiger charge is 2.53. The van der Waals surface area contributed by atoms with Gasteiger partial charge in [-0.15, -0.1) is 0 Å². The van der Waals surface area contributed by atoms with Gasteiger partial charge in [-0.25, -0.2) is 0 Å². The van der Waals surface area contributed by atoms with Crippen molar-refractivity contribution in [1.82, 2.24) is 5.32 Å². The van der Waals surface area contributed by atoms with Crippen molar-refractivity contribution in [2.75, 3.05) is 13.2 Å². The Balaban J connectivity index is 1.70. The van der Waals surface area contributed by atoms with Gasteiger partial charge in [0.2, 0.25) is 0 Å². The van der Waals surface area contributed by atoms with Crippen molar-refractivity contribution in [2.24, 2.45) is 23.2 Å². The smallest absolute Gasteiger partial charge is 0.0607 e. The van der Waals surface area contributed by atoms with E-state index in [1.54, 1.807) is 0 Å². The monoisotopic (exact) mass is 253 g/mol. The summed E-state index contributed by atoms with van der Waals surface area (Å²) in [6.45, 7) is 2.34. The number of hydrogen-bond donors (Lipinski definition) is 3. The summed E-state index contributed by atoms with van der Waals surface area (Å²) in [4.78, 5) is 0. The Morgan fingerprint density at radius 3 is 1.83 bits per heavy atom. The van der Waals surface area contributed by atoms with Gasteiger partial charge in [0.05, 0.1) is 19.3 Å². The van der Waals surface area contributed by atoms with Crippen LogP contribution in [0.15, 0.2) is 0 Å². The fraction of sp³-hybridized carbons (Fsp3) is 1.00. The highest BCUT2D eigenvalue weighted by molar-refractivity contribution is 5.05. The third-order valence-corrected chi connectivity index (χ3v) is 5.93. The van der Waals surface area contributed by atoms with E-state index in [4.69, 9.17) is 0 Å². The van der Waals surface area contributed by atoms with E-state index in [0.29, 0.717) is 11.5 Å². The standard InChI is InChI=1S/C15H27NO2/c1-10(16-14(8-17)9-18)15-5-11-2-12(6-15)4-13(3-11)7-15/h10-14,16-18H,2-9H2,1H3. The molecule has 4 fully saturated rings. The zero-order valence-electron chi connectivity index (χ0n) is 11.4. The Labute approximate surface area is 110 Å². The molecular formula is C15H27NO2. The van der Waals surface area contributed by atoms with E-state index in [2.05, 4.69) is 12.2 Å². The van der Waals surface area contributed by atoms with Gasteiger partial charge in [0.1, 0.15) is 0 Å². The summed E-state index contributed by atoms with van der Waals surface area (Å²) in [5, 5.41) is 21.9. The first-order valence-corrected chi connectivity index (χ1v) is 7.63. The van der Waals surface area contributed by atoms with E-state index in [1.165, 1.54) is 38.5 Å². The van der Waals surface area contributed by atoms with Gasteiger partial charge in [0, 0.05) is 6.04 Å². The van der Waals surface area contributed by atoms with Crippen molar-refractivity contribution in [3.05, 3.63) is 0 Å². The van der Waals surface area contributed by atoms with Crippen molar-refractivity contribution >= 4 is 0 Å². The molecule has 0 aliphatic heterocycles. The fourth-order valence-electron chi connectivity index (χ4n) is 5.40. The second-order valence-electron chi connectivity index (χ2n) is 7.23. The second-order valence-corrected chi connectivity index (χ2v) is 7.23. The average Bonchev–Trinajstić information content (AvgIpc) is 2.34. The predicted molar refractivity (Wildman–Crippen MR) is 71.2 cm³/mol. The number of aliphatic hydroxyl groups is 2. The molecule has 0 aromatic carbocycles. The van der Waals surface area contributed by atoms with E-state index >= 15 is 0 Å². The molecule has 0 aromatic heterocycles. The third kappa shape index (κ3) is 2.10. The molecule has 0 saturated heterocycles. The summed E-state index contributed by atoms with van der Waals surface area (Å²) >= 11 is 0. The first kappa shape index (κ1) is 12.9. The summed E-state index contributed by atoms with van der Waals surface area (Å²) in [5.41, 5.74) is 0.456. The highest BCUT2D eigenvalue weighted by atomic mass is 16.3. The first-order chi connectivity index (χ1) is 8.65. The van der Waals surface area contributed by atoms with Crippen LogP contribution in [0.1, 0.15) is 45.4 Å². The molecule has 3 N–H and O–H groups in total. The summed E-state index contributed by atoms with van der Waals surface area (Å²) in [7, 11) is 0. The third-order valence-electron chi connectivity index (χ3n) is 5.93. The second kappa shape index (κ2) is 4.77. The van der Waals surface area contributed by atoms with Crippen LogP contribution < -0.4 is 5.32 Å². The Bertz CT molecular complexity index is 266. The van der Waals surface area contributed by atoms with Crippen LogP contribution in [0.5, 0.6) is 0 Å². The molecule has 3 heteroatoms. The van der Waals surface area contributed by atoms with Gasteiger partial charge in [-0.1, -0.05) is 0 Å². The molecule has 4 aliphatic carbocycles. The number of rotatable bonds is 5. The molecule has 18 heavy (non-hydrogen) atoms. The SMILES string of the molecule is CC(NC(CO)CO)C12CC3CC(CC(C3)C1)C2. The minimum atomic E-state index is -0.145. The van der Waals surface area contributed by atoms with Gasteiger partial charge in [-0.3, -0.25) is 0 Å². The molecule has 0 heterocycles. The van der Waals surface area contributed by atoms with Crippen LogP contribution in [0.4, 0.5) is 0 Å². The zero-order valence-corrected chi connectivity index (χ0v) is 11.4. The molecule has 4 saturated carbocycles. The fourth-order valence-corrected chi connectivity index (χ4v) is 5.40. The summed E-state index contributed by atoms with van der Waals surface area (Å²) in [5.74, 6) is 2.88. The topological polar surface area (TPSA) is 52.5 Å². The lowest BCUT2D eigenvalue weighted by Crippen LogP contribution is -2.57. The Morgan fingerprint density at radius 2 is 1.44 bits per heavy atom. The summed E-state index contributed by atoms with van der Waals surface area (Å²) in [6, 6.07) is 0.281. The van der Waals surface area contributed by atoms with Crippen LogP contribution in [-0.2, 0) is 0 Å². The van der Waals surface area contributed by atoms with Gasteiger partial charge in [-0.05, 0) is 68.6 Å². The Morgan fingerprint density at radius 1 is 1.00 bits per heavy atom. The van der Waals surface area contributed by atoms with Gasteiger partial charge >= 0.3 is 0 Å². The van der Waals surface area contributed by atoms with Crippen molar-refractivity contribution in [3.8, 4) is 0 Å². The van der Waals surface area contributed by atoms with E-state index in [9.17, 15) is 10.2 Å². The molecule has 0 aromatic rings.